The summed E-state index contributed by atoms with van der Waals surface area (Å²) in [5, 5.41) is 21.0. The van der Waals surface area contributed by atoms with Crippen molar-refractivity contribution in [2.45, 2.75) is 25.9 Å². The van der Waals surface area contributed by atoms with E-state index >= 15 is 0 Å². The lowest BCUT2D eigenvalue weighted by Gasteiger charge is -2.32. The minimum atomic E-state index is -1.46. The molecule has 1 aliphatic rings. The fourth-order valence-electron chi connectivity index (χ4n) is 2.46. The van der Waals surface area contributed by atoms with E-state index in [-0.39, 0.29) is 5.57 Å². The summed E-state index contributed by atoms with van der Waals surface area (Å²) in [7, 11) is 0. The minimum Gasteiger partial charge on any atom is -0.548 e. The predicted molar refractivity (Wildman–Crippen MR) is 70.8 cm³/mol. The van der Waals surface area contributed by atoms with Gasteiger partial charge in [0, 0.05) is 0 Å². The van der Waals surface area contributed by atoms with Crippen LogP contribution in [0.25, 0.3) is 0 Å². The third-order valence-corrected chi connectivity index (χ3v) is 3.50. The molecule has 0 unspecified atom stereocenters. The van der Waals surface area contributed by atoms with Crippen molar-refractivity contribution in [3.8, 4) is 0 Å². The van der Waals surface area contributed by atoms with Crippen LogP contribution in [-0.4, -0.2) is 33.7 Å². The first-order valence-electron chi connectivity index (χ1n) is 6.38. The van der Waals surface area contributed by atoms with E-state index < -0.39 is 35.5 Å². The largest absolute Gasteiger partial charge is 0.548 e. The molecule has 0 bridgehead atoms. The maximum absolute atomic E-state index is 12.1. The van der Waals surface area contributed by atoms with Gasteiger partial charge < -0.3 is 19.9 Å². The summed E-state index contributed by atoms with van der Waals surface area (Å²) in [6.07, 6.45) is 0. The molecule has 2 rings (SSSR count). The first kappa shape index (κ1) is 14.8. The molecule has 1 heterocycles. The van der Waals surface area contributed by atoms with E-state index in [4.69, 9.17) is 0 Å². The highest BCUT2D eigenvalue weighted by atomic mass is 16.4. The first-order chi connectivity index (χ1) is 9.86. The standard InChI is InChI=1S/C15H15NO5/c1-8(15(20)21)16-12(10-6-4-3-5-7-10)11(9(2)17)13(18)14(16)19/h3-8,12,18H,1-2H3,(H,20,21)/p-1/t8-,12-/m1/s1. The van der Waals surface area contributed by atoms with Crippen molar-refractivity contribution >= 4 is 17.7 Å². The quantitative estimate of drug-likeness (QED) is 0.848. The fourth-order valence-corrected chi connectivity index (χ4v) is 2.46. The average molecular weight is 288 g/mol. The van der Waals surface area contributed by atoms with Crippen molar-refractivity contribution in [3.05, 3.63) is 47.2 Å². The van der Waals surface area contributed by atoms with E-state index in [1.165, 1.54) is 13.8 Å². The minimum absolute atomic E-state index is 0.0979. The summed E-state index contributed by atoms with van der Waals surface area (Å²) in [5.41, 5.74) is 0.451. The van der Waals surface area contributed by atoms with E-state index in [2.05, 4.69) is 0 Å². The van der Waals surface area contributed by atoms with Gasteiger partial charge in [0.15, 0.2) is 11.5 Å². The van der Waals surface area contributed by atoms with Gasteiger partial charge in [0.1, 0.15) is 0 Å². The van der Waals surface area contributed by atoms with Crippen LogP contribution in [0.2, 0.25) is 0 Å². The first-order valence-corrected chi connectivity index (χ1v) is 6.38. The molecule has 1 aliphatic heterocycles. The number of amides is 1. The molecular weight excluding hydrogens is 274 g/mol. The molecule has 0 spiro atoms. The zero-order valence-corrected chi connectivity index (χ0v) is 11.6. The van der Waals surface area contributed by atoms with Crippen LogP contribution in [0.4, 0.5) is 0 Å². The molecule has 6 heteroatoms. The average Bonchev–Trinajstić information content (AvgIpc) is 2.71. The van der Waals surface area contributed by atoms with E-state index in [1.54, 1.807) is 30.3 Å². The molecule has 0 aliphatic carbocycles. The van der Waals surface area contributed by atoms with E-state index in [1.807, 2.05) is 0 Å². The van der Waals surface area contributed by atoms with Gasteiger partial charge in [-0.3, -0.25) is 9.59 Å². The van der Waals surface area contributed by atoms with Crippen LogP contribution in [0, 0.1) is 0 Å². The van der Waals surface area contributed by atoms with Crippen LogP contribution >= 0.6 is 0 Å². The van der Waals surface area contributed by atoms with Gasteiger partial charge in [0.2, 0.25) is 0 Å². The molecule has 0 radical (unpaired) electrons. The number of aliphatic hydroxyl groups is 1. The summed E-state index contributed by atoms with van der Waals surface area (Å²) >= 11 is 0. The zero-order chi connectivity index (χ0) is 15.7. The van der Waals surface area contributed by atoms with Crippen molar-refractivity contribution < 1.29 is 24.6 Å². The second kappa shape index (κ2) is 5.40. The summed E-state index contributed by atoms with van der Waals surface area (Å²) in [6.45, 7) is 2.50. The number of carboxylic acids is 1. The third-order valence-electron chi connectivity index (χ3n) is 3.50. The maximum Gasteiger partial charge on any atom is 0.290 e. The van der Waals surface area contributed by atoms with Gasteiger partial charge in [-0.1, -0.05) is 30.3 Å². The molecule has 2 atom stereocenters. The summed E-state index contributed by atoms with van der Waals surface area (Å²) in [5.74, 6) is -3.53. The molecule has 0 aromatic heterocycles. The number of aliphatic carboxylic acids is 1. The van der Waals surface area contributed by atoms with Gasteiger partial charge in [-0.25, -0.2) is 0 Å². The molecule has 0 fully saturated rings. The van der Waals surface area contributed by atoms with Gasteiger partial charge in [0.05, 0.1) is 23.6 Å². The normalized spacial score (nSPS) is 19.8. The van der Waals surface area contributed by atoms with Gasteiger partial charge in [-0.2, -0.15) is 0 Å². The second-order valence-corrected chi connectivity index (χ2v) is 4.84. The lowest BCUT2D eigenvalue weighted by atomic mass is 9.96. The molecule has 1 aromatic rings. The molecular formula is C15H14NO5-. The number of hydrogen-bond donors (Lipinski definition) is 1. The van der Waals surface area contributed by atoms with Crippen LogP contribution in [0.3, 0.4) is 0 Å². The van der Waals surface area contributed by atoms with E-state index in [0.29, 0.717) is 5.56 Å². The SMILES string of the molecule is CC(=O)C1=C(O)C(=O)N([C@H](C)C(=O)[O-])[C@@H]1c1ccccc1. The van der Waals surface area contributed by atoms with Crippen molar-refractivity contribution in [3.63, 3.8) is 0 Å². The number of hydrogen-bond acceptors (Lipinski definition) is 5. The maximum atomic E-state index is 12.1. The molecule has 6 nitrogen and oxygen atoms in total. The number of nitrogens with zero attached hydrogens (tertiary/aromatic N) is 1. The molecule has 0 saturated carbocycles. The van der Waals surface area contributed by atoms with Crippen molar-refractivity contribution in [1.29, 1.82) is 0 Å². The highest BCUT2D eigenvalue weighted by Crippen LogP contribution is 2.38. The number of carbonyl (C=O) groups excluding carboxylic acids is 3. The Labute approximate surface area is 121 Å². The number of carboxylic acid groups (broad SMARTS) is 1. The Morgan fingerprint density at radius 3 is 2.33 bits per heavy atom. The fraction of sp³-hybridized carbons (Fsp3) is 0.267. The number of Topliss-reactive ketones (excluding diaryl/α,β-unsaturated/α-hetero) is 1. The summed E-state index contributed by atoms with van der Waals surface area (Å²) < 4.78 is 0. The predicted octanol–water partition coefficient (Wildman–Crippen LogP) is 0.109. The Balaban J connectivity index is 2.59. The highest BCUT2D eigenvalue weighted by Gasteiger charge is 2.44. The zero-order valence-electron chi connectivity index (χ0n) is 11.6. The monoisotopic (exact) mass is 288 g/mol. The Hall–Kier alpha value is -2.63. The number of rotatable bonds is 4. The molecule has 110 valence electrons. The Morgan fingerprint density at radius 1 is 1.29 bits per heavy atom. The Morgan fingerprint density at radius 2 is 1.86 bits per heavy atom. The molecule has 0 saturated heterocycles. The van der Waals surface area contributed by atoms with Gasteiger partial charge in [-0.05, 0) is 19.4 Å². The molecule has 1 N–H and O–H groups in total. The van der Waals surface area contributed by atoms with Gasteiger partial charge in [0.25, 0.3) is 5.91 Å². The van der Waals surface area contributed by atoms with E-state index in [0.717, 1.165) is 4.90 Å². The van der Waals surface area contributed by atoms with E-state index in [9.17, 15) is 24.6 Å². The Kier molecular flexibility index (Phi) is 3.80. The Bertz CT molecular complexity index is 635. The summed E-state index contributed by atoms with van der Waals surface area (Å²) in [6, 6.07) is 6.28. The van der Waals surface area contributed by atoms with Crippen molar-refractivity contribution in [1.82, 2.24) is 4.90 Å². The van der Waals surface area contributed by atoms with Crippen LogP contribution in [0.15, 0.2) is 41.7 Å². The summed E-state index contributed by atoms with van der Waals surface area (Å²) in [4.78, 5) is 35.9. The smallest absolute Gasteiger partial charge is 0.290 e. The molecule has 1 amide bonds. The molecule has 1 aromatic carbocycles. The number of benzene rings is 1. The topological polar surface area (TPSA) is 97.7 Å². The van der Waals surface area contributed by atoms with Crippen molar-refractivity contribution in [2.24, 2.45) is 0 Å². The van der Waals surface area contributed by atoms with Crippen molar-refractivity contribution in [2.75, 3.05) is 0 Å². The van der Waals surface area contributed by atoms with Crippen LogP contribution in [0.1, 0.15) is 25.5 Å². The highest BCUT2D eigenvalue weighted by molar-refractivity contribution is 6.08. The number of ketones is 1. The van der Waals surface area contributed by atoms with Crippen LogP contribution in [0.5, 0.6) is 0 Å². The number of carbonyl (C=O) groups is 3. The van der Waals surface area contributed by atoms with Gasteiger partial charge >= 0.3 is 0 Å². The third kappa shape index (κ3) is 2.40. The lowest BCUT2D eigenvalue weighted by molar-refractivity contribution is -0.311. The molecule has 21 heavy (non-hydrogen) atoms. The second-order valence-electron chi connectivity index (χ2n) is 4.84. The van der Waals surface area contributed by atoms with Gasteiger partial charge in [-0.15, -0.1) is 0 Å². The lowest BCUT2D eigenvalue weighted by Crippen LogP contribution is -2.48. The van der Waals surface area contributed by atoms with Crippen LogP contribution in [-0.2, 0) is 14.4 Å². The van der Waals surface area contributed by atoms with Crippen LogP contribution < -0.4 is 5.11 Å². The number of aliphatic hydroxyl groups excluding tert-OH is 1.